The van der Waals surface area contributed by atoms with E-state index in [4.69, 9.17) is 4.74 Å². The molecule has 2 aliphatic heterocycles. The second-order valence-corrected chi connectivity index (χ2v) is 9.78. The zero-order valence-corrected chi connectivity index (χ0v) is 20.2. The molecule has 2 fully saturated rings. The molecule has 1 aromatic heterocycles. The van der Waals surface area contributed by atoms with Crippen molar-refractivity contribution >= 4 is 23.3 Å². The number of piperidine rings is 1. The summed E-state index contributed by atoms with van der Waals surface area (Å²) in [4.78, 5) is 35.3. The second-order valence-electron chi connectivity index (χ2n) is 8.84. The highest BCUT2D eigenvalue weighted by Crippen LogP contribution is 2.36. The number of urea groups is 1. The van der Waals surface area contributed by atoms with E-state index in [0.717, 1.165) is 42.1 Å². The molecular formula is C24H31FN4O3S. The van der Waals surface area contributed by atoms with Gasteiger partial charge in [0.25, 0.3) is 5.91 Å². The molecule has 33 heavy (non-hydrogen) atoms. The number of halogens is 1. The van der Waals surface area contributed by atoms with Gasteiger partial charge in [0.2, 0.25) is 0 Å². The van der Waals surface area contributed by atoms with Gasteiger partial charge in [0, 0.05) is 24.4 Å². The number of benzene rings is 1. The molecule has 2 aliphatic rings. The van der Waals surface area contributed by atoms with Crippen LogP contribution < -0.4 is 10.1 Å². The molecule has 2 saturated heterocycles. The average molecular weight is 475 g/mol. The molecule has 3 heterocycles. The van der Waals surface area contributed by atoms with Crippen LogP contribution in [0.15, 0.2) is 23.7 Å². The second kappa shape index (κ2) is 9.77. The summed E-state index contributed by atoms with van der Waals surface area (Å²) in [5, 5.41) is 3.07. The predicted molar refractivity (Wildman–Crippen MR) is 125 cm³/mol. The minimum absolute atomic E-state index is 0.0908. The molecule has 1 N–H and O–H groups in total. The van der Waals surface area contributed by atoms with Crippen LogP contribution >= 0.6 is 11.3 Å². The SMILES string of the molecule is CC[C@@]1(C2CCN(Cc3ccc(F)c(OC)c3)CC2)NC(=O)N(CCc2scnc2C)C1=O. The van der Waals surface area contributed by atoms with Gasteiger partial charge in [-0.2, -0.15) is 0 Å². The molecule has 7 nitrogen and oxygen atoms in total. The fourth-order valence-electron chi connectivity index (χ4n) is 5.08. The van der Waals surface area contributed by atoms with Crippen molar-refractivity contribution < 1.29 is 18.7 Å². The number of hydrogen-bond acceptors (Lipinski definition) is 6. The van der Waals surface area contributed by atoms with E-state index < -0.39 is 5.54 Å². The molecule has 0 aliphatic carbocycles. The summed E-state index contributed by atoms with van der Waals surface area (Å²) < 4.78 is 18.8. The fraction of sp³-hybridized carbons (Fsp3) is 0.542. The molecule has 1 aromatic carbocycles. The Morgan fingerprint density at radius 1 is 1.30 bits per heavy atom. The molecule has 1 atom stereocenters. The number of likely N-dealkylation sites (tertiary alicyclic amines) is 1. The number of amides is 3. The Morgan fingerprint density at radius 2 is 2.06 bits per heavy atom. The smallest absolute Gasteiger partial charge is 0.325 e. The van der Waals surface area contributed by atoms with Crippen molar-refractivity contribution in [3.05, 3.63) is 45.7 Å². The maximum Gasteiger partial charge on any atom is 0.325 e. The van der Waals surface area contributed by atoms with E-state index in [1.807, 2.05) is 13.8 Å². The van der Waals surface area contributed by atoms with Crippen molar-refractivity contribution in [3.8, 4) is 5.75 Å². The van der Waals surface area contributed by atoms with E-state index >= 15 is 0 Å². The third-order valence-electron chi connectivity index (χ3n) is 7.07. The van der Waals surface area contributed by atoms with E-state index in [1.165, 1.54) is 18.1 Å². The number of rotatable bonds is 8. The van der Waals surface area contributed by atoms with Gasteiger partial charge in [-0.1, -0.05) is 13.0 Å². The van der Waals surface area contributed by atoms with Gasteiger partial charge in [0.1, 0.15) is 5.54 Å². The maximum atomic E-state index is 13.7. The number of aryl methyl sites for hydroxylation is 1. The van der Waals surface area contributed by atoms with Crippen molar-refractivity contribution in [3.63, 3.8) is 0 Å². The maximum absolute atomic E-state index is 13.7. The molecule has 9 heteroatoms. The van der Waals surface area contributed by atoms with Crippen LogP contribution in [0.25, 0.3) is 0 Å². The molecule has 2 aromatic rings. The zero-order chi connectivity index (χ0) is 23.6. The normalized spacial score (nSPS) is 22.1. The number of nitrogens with zero attached hydrogens (tertiary/aromatic N) is 3. The molecule has 178 valence electrons. The van der Waals surface area contributed by atoms with E-state index in [9.17, 15) is 14.0 Å². The number of aromatic nitrogens is 1. The van der Waals surface area contributed by atoms with Gasteiger partial charge >= 0.3 is 6.03 Å². The third kappa shape index (κ3) is 4.61. The summed E-state index contributed by atoms with van der Waals surface area (Å²) in [6.45, 7) is 6.63. The third-order valence-corrected chi connectivity index (χ3v) is 8.07. The Morgan fingerprint density at radius 3 is 2.70 bits per heavy atom. The average Bonchev–Trinajstić information content (AvgIpc) is 3.34. The molecule has 4 rings (SSSR count). The lowest BCUT2D eigenvalue weighted by Crippen LogP contribution is -2.55. The van der Waals surface area contributed by atoms with Crippen molar-refractivity contribution in [2.45, 2.75) is 51.6 Å². The Hall–Kier alpha value is -2.52. The monoisotopic (exact) mass is 474 g/mol. The number of thiazole rings is 1. The van der Waals surface area contributed by atoms with Crippen LogP contribution in [0.4, 0.5) is 9.18 Å². The largest absolute Gasteiger partial charge is 0.494 e. The zero-order valence-electron chi connectivity index (χ0n) is 19.4. The van der Waals surface area contributed by atoms with E-state index in [0.29, 0.717) is 25.9 Å². The Kier molecular flexibility index (Phi) is 6.99. The topological polar surface area (TPSA) is 74.8 Å². The predicted octanol–water partition coefficient (Wildman–Crippen LogP) is 3.75. The Balaban J connectivity index is 1.38. The number of carbonyl (C=O) groups excluding carboxylic acids is 2. The Bertz CT molecular complexity index is 1020. The van der Waals surface area contributed by atoms with Crippen molar-refractivity contribution in [2.75, 3.05) is 26.7 Å². The van der Waals surface area contributed by atoms with Crippen molar-refractivity contribution in [2.24, 2.45) is 5.92 Å². The summed E-state index contributed by atoms with van der Waals surface area (Å²) in [5.74, 6) is -0.123. The number of methoxy groups -OCH3 is 1. The van der Waals surface area contributed by atoms with Crippen molar-refractivity contribution in [1.82, 2.24) is 20.1 Å². The van der Waals surface area contributed by atoms with E-state index in [-0.39, 0.29) is 29.4 Å². The molecule has 0 radical (unpaired) electrons. The number of nitrogens with one attached hydrogen (secondary N) is 1. The van der Waals surface area contributed by atoms with Crippen LogP contribution in [0.5, 0.6) is 5.75 Å². The standard InChI is InChI=1S/C24H31FN4O3S/c1-4-24(22(30)29(23(31)27-24)12-9-21-16(2)26-15-33-21)18-7-10-28(11-8-18)14-17-5-6-19(25)20(13-17)32-3/h5-6,13,15,18H,4,7-12,14H2,1-3H3,(H,27,31)/t24-/m0/s1. The number of ether oxygens (including phenoxy) is 1. The highest BCUT2D eigenvalue weighted by molar-refractivity contribution is 7.09. The van der Waals surface area contributed by atoms with E-state index in [2.05, 4.69) is 15.2 Å². The summed E-state index contributed by atoms with van der Waals surface area (Å²) in [7, 11) is 1.46. The van der Waals surface area contributed by atoms with E-state index in [1.54, 1.807) is 29.0 Å². The van der Waals surface area contributed by atoms with Crippen LogP contribution in [0, 0.1) is 18.7 Å². The first-order chi connectivity index (χ1) is 15.9. The van der Waals surface area contributed by atoms with Gasteiger partial charge in [0.05, 0.1) is 18.3 Å². The quantitative estimate of drug-likeness (QED) is 0.590. The molecule has 0 spiro atoms. The summed E-state index contributed by atoms with van der Waals surface area (Å²) in [6, 6.07) is 4.66. The Labute approximate surface area is 197 Å². The number of imide groups is 1. The summed E-state index contributed by atoms with van der Waals surface area (Å²) in [6.07, 6.45) is 2.85. The number of carbonyl (C=O) groups is 2. The van der Waals surface area contributed by atoms with Crippen LogP contribution in [0.2, 0.25) is 0 Å². The van der Waals surface area contributed by atoms with Gasteiger partial charge in [-0.25, -0.2) is 14.2 Å². The van der Waals surface area contributed by atoms with Crippen LogP contribution in [-0.4, -0.2) is 59.0 Å². The van der Waals surface area contributed by atoms with Gasteiger partial charge in [0.15, 0.2) is 11.6 Å². The van der Waals surface area contributed by atoms with Crippen molar-refractivity contribution in [1.29, 1.82) is 0 Å². The van der Waals surface area contributed by atoms with Gasteiger partial charge in [-0.3, -0.25) is 14.6 Å². The van der Waals surface area contributed by atoms with Crippen LogP contribution in [0.1, 0.15) is 42.3 Å². The first kappa shape index (κ1) is 23.6. The fourth-order valence-corrected chi connectivity index (χ4v) is 5.85. The van der Waals surface area contributed by atoms with Crippen LogP contribution in [0.3, 0.4) is 0 Å². The van der Waals surface area contributed by atoms with Gasteiger partial charge in [-0.05, 0) is 62.9 Å². The van der Waals surface area contributed by atoms with Crippen LogP contribution in [-0.2, 0) is 17.8 Å². The molecule has 0 bridgehead atoms. The minimum atomic E-state index is -0.828. The van der Waals surface area contributed by atoms with Gasteiger partial charge in [-0.15, -0.1) is 11.3 Å². The lowest BCUT2D eigenvalue weighted by Gasteiger charge is -2.40. The van der Waals surface area contributed by atoms with Gasteiger partial charge < -0.3 is 10.1 Å². The molecule has 0 saturated carbocycles. The first-order valence-corrected chi connectivity index (χ1v) is 12.3. The summed E-state index contributed by atoms with van der Waals surface area (Å²) in [5.41, 5.74) is 2.92. The highest BCUT2D eigenvalue weighted by Gasteiger charge is 2.54. The lowest BCUT2D eigenvalue weighted by atomic mass is 9.75. The molecular weight excluding hydrogens is 443 g/mol. The molecule has 3 amide bonds. The molecule has 0 unspecified atom stereocenters. The number of hydrogen-bond donors (Lipinski definition) is 1. The minimum Gasteiger partial charge on any atom is -0.494 e. The lowest BCUT2D eigenvalue weighted by molar-refractivity contribution is -0.134. The first-order valence-electron chi connectivity index (χ1n) is 11.5. The summed E-state index contributed by atoms with van der Waals surface area (Å²) >= 11 is 1.56. The highest BCUT2D eigenvalue weighted by atomic mass is 32.1.